The van der Waals surface area contributed by atoms with Crippen molar-refractivity contribution >= 4 is 33.2 Å². The second-order valence-electron chi connectivity index (χ2n) is 13.5. The molecule has 0 N–H and O–H groups in total. The molecule has 4 aromatic heterocycles. The van der Waals surface area contributed by atoms with Gasteiger partial charge in [-0.05, 0) is 52.9 Å². The number of allylic oxidation sites excluding steroid dienone is 4. The van der Waals surface area contributed by atoms with Crippen molar-refractivity contribution in [3.8, 4) is 45.0 Å². The summed E-state index contributed by atoms with van der Waals surface area (Å²) < 4.78 is 2.08. The largest absolute Gasteiger partial charge is 0.284 e. The Labute approximate surface area is 307 Å². The van der Waals surface area contributed by atoms with Crippen molar-refractivity contribution in [2.45, 2.75) is 12.3 Å². The van der Waals surface area contributed by atoms with Crippen LogP contribution in [-0.2, 0) is 0 Å². The van der Waals surface area contributed by atoms with Crippen LogP contribution in [0, 0.1) is 0 Å². The summed E-state index contributed by atoms with van der Waals surface area (Å²) in [7, 11) is 0. The van der Waals surface area contributed by atoms with Gasteiger partial charge in [-0.25, -0.2) is 19.9 Å². The van der Waals surface area contributed by atoms with Crippen molar-refractivity contribution in [3.63, 3.8) is 0 Å². The van der Waals surface area contributed by atoms with E-state index in [4.69, 9.17) is 19.9 Å². The predicted molar refractivity (Wildman–Crippen MR) is 216 cm³/mol. The molecule has 0 bridgehead atoms. The lowest BCUT2D eigenvalue weighted by molar-refractivity contribution is 0.856. The molecule has 53 heavy (non-hydrogen) atoms. The van der Waals surface area contributed by atoms with E-state index < -0.39 is 0 Å². The van der Waals surface area contributed by atoms with Crippen molar-refractivity contribution in [3.05, 3.63) is 193 Å². The van der Waals surface area contributed by atoms with Crippen LogP contribution in [-0.4, -0.2) is 24.3 Å². The van der Waals surface area contributed by atoms with Crippen LogP contribution in [0.1, 0.15) is 23.6 Å². The first-order chi connectivity index (χ1) is 26.2. The van der Waals surface area contributed by atoms with E-state index in [2.05, 4.69) is 150 Å². The first-order valence-corrected chi connectivity index (χ1v) is 18.0. The fraction of sp³-hybridized carbons (Fsp3) is 0.0417. The quantitative estimate of drug-likeness (QED) is 0.175. The SMILES string of the molecule is C1=CC(c2cccc(-c3nc(-c4ccccc4)cc(-c4ccc(-c5ccccc5)cc4)n3)c2)CC=C1c1nc2c(nc3ccccn32)c2ccccc12. The molecule has 1 aliphatic carbocycles. The zero-order valence-electron chi connectivity index (χ0n) is 28.8. The van der Waals surface area contributed by atoms with E-state index in [1.807, 2.05) is 36.5 Å². The van der Waals surface area contributed by atoms with Gasteiger partial charge in [-0.15, -0.1) is 0 Å². The molecule has 5 aromatic carbocycles. The van der Waals surface area contributed by atoms with Crippen LogP contribution in [0.4, 0.5) is 0 Å². The molecule has 0 spiro atoms. The van der Waals surface area contributed by atoms with E-state index in [-0.39, 0.29) is 5.92 Å². The van der Waals surface area contributed by atoms with Gasteiger partial charge < -0.3 is 0 Å². The first kappa shape index (κ1) is 30.8. The maximum absolute atomic E-state index is 5.22. The van der Waals surface area contributed by atoms with Gasteiger partial charge >= 0.3 is 0 Å². The molecule has 5 nitrogen and oxygen atoms in total. The van der Waals surface area contributed by atoms with Crippen molar-refractivity contribution in [2.24, 2.45) is 0 Å². The van der Waals surface area contributed by atoms with Gasteiger partial charge in [0.1, 0.15) is 11.2 Å². The van der Waals surface area contributed by atoms with E-state index in [0.29, 0.717) is 5.82 Å². The number of hydrogen-bond acceptors (Lipinski definition) is 4. The summed E-state index contributed by atoms with van der Waals surface area (Å²) in [6, 6.07) is 54.8. The Morgan fingerprint density at radius 3 is 1.91 bits per heavy atom. The second kappa shape index (κ2) is 13.0. The highest BCUT2D eigenvalue weighted by Gasteiger charge is 2.19. The zero-order valence-corrected chi connectivity index (χ0v) is 28.8. The summed E-state index contributed by atoms with van der Waals surface area (Å²) in [4.78, 5) is 20.4. The van der Waals surface area contributed by atoms with Gasteiger partial charge in [0, 0.05) is 39.6 Å². The van der Waals surface area contributed by atoms with Crippen LogP contribution in [0.2, 0.25) is 0 Å². The lowest BCUT2D eigenvalue weighted by Crippen LogP contribution is -2.02. The van der Waals surface area contributed by atoms with Crippen molar-refractivity contribution in [2.75, 3.05) is 0 Å². The summed E-state index contributed by atoms with van der Waals surface area (Å²) in [5.74, 6) is 0.926. The lowest BCUT2D eigenvalue weighted by atomic mass is 9.88. The van der Waals surface area contributed by atoms with Crippen LogP contribution in [0.15, 0.2) is 182 Å². The summed E-state index contributed by atoms with van der Waals surface area (Å²) in [5.41, 5.74) is 13.3. The second-order valence-corrected chi connectivity index (χ2v) is 13.5. The van der Waals surface area contributed by atoms with Crippen molar-refractivity contribution in [1.29, 1.82) is 0 Å². The molecule has 250 valence electrons. The Balaban J connectivity index is 0.989. The Hall–Kier alpha value is -6.98. The number of aromatic nitrogens is 5. The summed E-state index contributed by atoms with van der Waals surface area (Å²) in [6.45, 7) is 0. The molecule has 0 radical (unpaired) electrons. The zero-order chi connectivity index (χ0) is 35.1. The minimum absolute atomic E-state index is 0.215. The molecule has 9 aromatic rings. The highest BCUT2D eigenvalue weighted by Crippen LogP contribution is 2.37. The highest BCUT2D eigenvalue weighted by atomic mass is 15.1. The van der Waals surface area contributed by atoms with E-state index in [0.717, 1.165) is 73.3 Å². The molecule has 4 heterocycles. The molecular formula is C48H33N5. The molecule has 1 atom stereocenters. The third kappa shape index (κ3) is 5.69. The summed E-state index contributed by atoms with van der Waals surface area (Å²) >= 11 is 0. The maximum Gasteiger partial charge on any atom is 0.165 e. The third-order valence-electron chi connectivity index (χ3n) is 10.2. The molecule has 0 amide bonds. The minimum Gasteiger partial charge on any atom is -0.284 e. The fourth-order valence-corrected chi connectivity index (χ4v) is 7.45. The standard InChI is InChI=1S/C48H33N5/c1-3-12-32(13-4-1)33-21-25-36(26-22-33)43-31-42(35-14-5-2-6-15-35)49-47(50-43)39-17-11-16-38(30-39)34-23-27-37(28-24-34)45-40-18-7-8-19-41(40)46-48(52-45)53-29-10-9-20-44(53)51-46/h1-23,25-31,34H,24H2. The average molecular weight is 680 g/mol. The number of pyridine rings is 2. The first-order valence-electron chi connectivity index (χ1n) is 18.0. The molecule has 1 aliphatic rings. The van der Waals surface area contributed by atoms with E-state index in [1.165, 1.54) is 16.7 Å². The normalized spacial score (nSPS) is 14.2. The van der Waals surface area contributed by atoms with Crippen LogP contribution in [0.25, 0.3) is 78.2 Å². The number of rotatable bonds is 6. The Kier molecular flexibility index (Phi) is 7.54. The Morgan fingerprint density at radius 2 is 1.15 bits per heavy atom. The molecular weight excluding hydrogens is 647 g/mol. The number of hydrogen-bond donors (Lipinski definition) is 0. The van der Waals surface area contributed by atoms with E-state index in [9.17, 15) is 0 Å². The topological polar surface area (TPSA) is 56.0 Å². The average Bonchev–Trinajstić information content (AvgIpc) is 3.63. The maximum atomic E-state index is 5.22. The van der Waals surface area contributed by atoms with Gasteiger partial charge in [0.2, 0.25) is 0 Å². The van der Waals surface area contributed by atoms with Gasteiger partial charge in [0.05, 0.1) is 17.1 Å². The van der Waals surface area contributed by atoms with Crippen LogP contribution < -0.4 is 0 Å². The van der Waals surface area contributed by atoms with Crippen LogP contribution in [0.5, 0.6) is 0 Å². The van der Waals surface area contributed by atoms with E-state index in [1.54, 1.807) is 0 Å². The number of nitrogens with zero attached hydrogens (tertiary/aromatic N) is 5. The molecule has 0 saturated heterocycles. The lowest BCUT2D eigenvalue weighted by Gasteiger charge is -2.18. The van der Waals surface area contributed by atoms with Crippen molar-refractivity contribution in [1.82, 2.24) is 24.3 Å². The van der Waals surface area contributed by atoms with Gasteiger partial charge in [0.25, 0.3) is 0 Å². The van der Waals surface area contributed by atoms with Gasteiger partial charge in [-0.2, -0.15) is 0 Å². The van der Waals surface area contributed by atoms with Gasteiger partial charge in [-0.3, -0.25) is 4.40 Å². The number of imidazole rings is 1. The molecule has 1 unspecified atom stereocenters. The predicted octanol–water partition coefficient (Wildman–Crippen LogP) is 11.6. The van der Waals surface area contributed by atoms with E-state index >= 15 is 0 Å². The Morgan fingerprint density at radius 1 is 0.509 bits per heavy atom. The van der Waals surface area contributed by atoms with Crippen molar-refractivity contribution < 1.29 is 0 Å². The monoisotopic (exact) mass is 679 g/mol. The minimum atomic E-state index is 0.215. The molecule has 0 fully saturated rings. The number of benzene rings is 5. The van der Waals surface area contributed by atoms with Crippen LogP contribution in [0.3, 0.4) is 0 Å². The van der Waals surface area contributed by atoms with Gasteiger partial charge in [0.15, 0.2) is 11.5 Å². The molecule has 0 saturated carbocycles. The van der Waals surface area contributed by atoms with Crippen LogP contribution >= 0.6 is 0 Å². The smallest absolute Gasteiger partial charge is 0.165 e. The molecule has 5 heteroatoms. The highest BCUT2D eigenvalue weighted by molar-refractivity contribution is 6.08. The molecule has 0 aliphatic heterocycles. The molecule has 10 rings (SSSR count). The fourth-order valence-electron chi connectivity index (χ4n) is 7.45. The third-order valence-corrected chi connectivity index (χ3v) is 10.2. The number of fused-ring (bicyclic) bond motifs is 5. The van der Waals surface area contributed by atoms with Gasteiger partial charge in [-0.1, -0.05) is 152 Å². The Bertz CT molecular complexity index is 2850. The summed E-state index contributed by atoms with van der Waals surface area (Å²) in [6.07, 6.45) is 9.76. The summed E-state index contributed by atoms with van der Waals surface area (Å²) in [5, 5.41) is 2.23.